The molecule has 1 aliphatic rings. The molecule has 98 valence electrons. The van der Waals surface area contributed by atoms with Gasteiger partial charge in [0.15, 0.2) is 0 Å². The second-order valence-electron chi connectivity index (χ2n) is 3.96. The van der Waals surface area contributed by atoms with Crippen molar-refractivity contribution < 1.29 is 14.3 Å². The van der Waals surface area contributed by atoms with Crippen molar-refractivity contribution in [3.63, 3.8) is 0 Å². The van der Waals surface area contributed by atoms with E-state index >= 15 is 0 Å². The van der Waals surface area contributed by atoms with Crippen LogP contribution in [-0.4, -0.2) is 67.7 Å². The summed E-state index contributed by atoms with van der Waals surface area (Å²) in [5.74, 6) is -0.336. The zero-order chi connectivity index (χ0) is 12.8. The molecule has 0 saturated carbocycles. The van der Waals surface area contributed by atoms with Crippen LogP contribution in [0.4, 0.5) is 4.79 Å². The summed E-state index contributed by atoms with van der Waals surface area (Å²) < 4.78 is 4.98. The van der Waals surface area contributed by atoms with E-state index in [2.05, 4.69) is 5.32 Å². The topological polar surface area (TPSA) is 61.9 Å². The first-order valence-corrected chi connectivity index (χ1v) is 6.00. The molecule has 1 fully saturated rings. The highest BCUT2D eigenvalue weighted by atomic mass is 16.5. The zero-order valence-corrected chi connectivity index (χ0v) is 10.7. The fraction of sp³-hybridized carbons (Fsp3) is 0.818. The van der Waals surface area contributed by atoms with Crippen LogP contribution in [-0.2, 0) is 9.53 Å². The summed E-state index contributed by atoms with van der Waals surface area (Å²) in [6.45, 7) is 6.32. The van der Waals surface area contributed by atoms with Gasteiger partial charge in [-0.1, -0.05) is 0 Å². The van der Waals surface area contributed by atoms with Gasteiger partial charge in [-0.15, -0.1) is 0 Å². The fourth-order valence-electron chi connectivity index (χ4n) is 1.74. The molecule has 17 heavy (non-hydrogen) atoms. The average Bonchev–Trinajstić information content (AvgIpc) is 2.37. The van der Waals surface area contributed by atoms with Gasteiger partial charge >= 0.3 is 12.0 Å². The van der Waals surface area contributed by atoms with Crippen LogP contribution in [0.3, 0.4) is 0 Å². The Kier molecular flexibility index (Phi) is 5.21. The number of amides is 2. The first kappa shape index (κ1) is 13.8. The van der Waals surface area contributed by atoms with Gasteiger partial charge in [0.1, 0.15) is 6.04 Å². The maximum atomic E-state index is 12.1. The van der Waals surface area contributed by atoms with Crippen molar-refractivity contribution in [1.29, 1.82) is 0 Å². The maximum Gasteiger partial charge on any atom is 0.330 e. The number of carbonyl (C=O) groups is 2. The lowest BCUT2D eigenvalue weighted by Crippen LogP contribution is -2.59. The Morgan fingerprint density at radius 3 is 2.76 bits per heavy atom. The molecule has 1 N–H and O–H groups in total. The van der Waals surface area contributed by atoms with E-state index in [1.807, 2.05) is 6.92 Å². The van der Waals surface area contributed by atoms with Crippen LogP contribution in [0.2, 0.25) is 0 Å². The molecule has 1 aliphatic heterocycles. The van der Waals surface area contributed by atoms with Crippen molar-refractivity contribution in [2.24, 2.45) is 0 Å². The Labute approximate surface area is 102 Å². The number of nitrogens with one attached hydrogen (secondary N) is 1. The minimum atomic E-state index is -0.509. The van der Waals surface area contributed by atoms with Crippen LogP contribution in [0.15, 0.2) is 0 Å². The third-order valence-corrected chi connectivity index (χ3v) is 2.85. The Balaban J connectivity index is 2.71. The molecule has 0 spiro atoms. The molecular formula is C11H21N3O3. The second kappa shape index (κ2) is 6.44. The van der Waals surface area contributed by atoms with Crippen LogP contribution < -0.4 is 5.32 Å². The summed E-state index contributed by atoms with van der Waals surface area (Å²) in [5, 5.41) is 3.10. The molecule has 1 rings (SSSR count). The number of ether oxygens (including phenoxy) is 1. The van der Waals surface area contributed by atoms with E-state index in [4.69, 9.17) is 4.74 Å². The molecule has 6 heteroatoms. The van der Waals surface area contributed by atoms with E-state index in [0.29, 0.717) is 32.8 Å². The summed E-state index contributed by atoms with van der Waals surface area (Å²) in [7, 11) is 1.73. The van der Waals surface area contributed by atoms with Crippen LogP contribution in [0.5, 0.6) is 0 Å². The van der Waals surface area contributed by atoms with Crippen molar-refractivity contribution in [1.82, 2.24) is 15.1 Å². The van der Waals surface area contributed by atoms with Crippen LogP contribution >= 0.6 is 0 Å². The Morgan fingerprint density at radius 2 is 2.18 bits per heavy atom. The Hall–Kier alpha value is -1.30. The number of hydrogen-bond donors (Lipinski definition) is 1. The quantitative estimate of drug-likeness (QED) is 0.703. The average molecular weight is 243 g/mol. The molecule has 0 bridgehead atoms. The van der Waals surface area contributed by atoms with Crippen molar-refractivity contribution in [3.05, 3.63) is 0 Å². The maximum absolute atomic E-state index is 12.1. The monoisotopic (exact) mass is 243 g/mol. The highest BCUT2D eigenvalue weighted by molar-refractivity contribution is 5.84. The smallest absolute Gasteiger partial charge is 0.330 e. The highest BCUT2D eigenvalue weighted by Gasteiger charge is 2.34. The number of hydrogen-bond acceptors (Lipinski definition) is 4. The normalized spacial score (nSPS) is 19.9. The largest absolute Gasteiger partial charge is 0.464 e. The minimum absolute atomic E-state index is 0.118. The van der Waals surface area contributed by atoms with Gasteiger partial charge < -0.3 is 19.9 Å². The highest BCUT2D eigenvalue weighted by Crippen LogP contribution is 2.08. The van der Waals surface area contributed by atoms with Crippen LogP contribution in [0.1, 0.15) is 13.8 Å². The standard InChI is InChI=1S/C11H21N3O3/c1-4-13(3)11(16)14-7-6-12-8-9(14)10(15)17-5-2/h9,12H,4-8H2,1-3H3. The molecule has 0 radical (unpaired) electrons. The van der Waals surface area contributed by atoms with Gasteiger partial charge in [-0.3, -0.25) is 0 Å². The molecule has 1 unspecified atom stereocenters. The first-order chi connectivity index (χ1) is 8.11. The minimum Gasteiger partial charge on any atom is -0.464 e. The number of carbonyl (C=O) groups excluding carboxylic acids is 2. The van der Waals surface area contributed by atoms with Crippen molar-refractivity contribution in [2.75, 3.05) is 39.8 Å². The molecule has 0 aromatic carbocycles. The molecule has 1 atom stereocenters. The van der Waals surface area contributed by atoms with E-state index in [9.17, 15) is 9.59 Å². The molecule has 1 saturated heterocycles. The lowest BCUT2D eigenvalue weighted by Gasteiger charge is -2.36. The zero-order valence-electron chi connectivity index (χ0n) is 10.7. The van der Waals surface area contributed by atoms with Crippen LogP contribution in [0, 0.1) is 0 Å². The fourth-order valence-corrected chi connectivity index (χ4v) is 1.74. The third kappa shape index (κ3) is 3.33. The third-order valence-electron chi connectivity index (χ3n) is 2.85. The van der Waals surface area contributed by atoms with Gasteiger partial charge in [0.2, 0.25) is 0 Å². The predicted octanol–water partition coefficient (Wildman–Crippen LogP) is -0.105. The number of nitrogens with zero attached hydrogens (tertiary/aromatic N) is 2. The van der Waals surface area contributed by atoms with Gasteiger partial charge in [-0.2, -0.15) is 0 Å². The Morgan fingerprint density at radius 1 is 1.47 bits per heavy atom. The van der Waals surface area contributed by atoms with Gasteiger partial charge in [-0.05, 0) is 13.8 Å². The number of esters is 1. The SMILES string of the molecule is CCOC(=O)C1CNCCN1C(=O)N(C)CC. The molecule has 0 aromatic heterocycles. The molecule has 6 nitrogen and oxygen atoms in total. The number of piperazine rings is 1. The van der Waals surface area contributed by atoms with Gasteiger partial charge in [0, 0.05) is 33.2 Å². The van der Waals surface area contributed by atoms with Gasteiger partial charge in [0.25, 0.3) is 0 Å². The van der Waals surface area contributed by atoms with E-state index in [1.165, 1.54) is 0 Å². The molecule has 0 aliphatic carbocycles. The summed E-state index contributed by atoms with van der Waals surface area (Å²) in [5.41, 5.74) is 0. The van der Waals surface area contributed by atoms with Crippen molar-refractivity contribution in [3.8, 4) is 0 Å². The van der Waals surface area contributed by atoms with Gasteiger partial charge in [-0.25, -0.2) is 9.59 Å². The summed E-state index contributed by atoms with van der Waals surface area (Å²) in [4.78, 5) is 27.0. The number of rotatable bonds is 3. The van der Waals surface area contributed by atoms with E-state index in [0.717, 1.165) is 0 Å². The second-order valence-corrected chi connectivity index (χ2v) is 3.96. The first-order valence-electron chi connectivity index (χ1n) is 6.00. The molecular weight excluding hydrogens is 222 g/mol. The molecule has 1 heterocycles. The van der Waals surface area contributed by atoms with Crippen molar-refractivity contribution >= 4 is 12.0 Å². The molecule has 2 amide bonds. The summed E-state index contributed by atoms with van der Waals surface area (Å²) in [6, 6.07) is -0.628. The van der Waals surface area contributed by atoms with Crippen molar-refractivity contribution in [2.45, 2.75) is 19.9 Å². The van der Waals surface area contributed by atoms with E-state index in [-0.39, 0.29) is 12.0 Å². The predicted molar refractivity (Wildman–Crippen MR) is 63.7 cm³/mol. The van der Waals surface area contributed by atoms with Crippen LogP contribution in [0.25, 0.3) is 0 Å². The number of urea groups is 1. The summed E-state index contributed by atoms with van der Waals surface area (Å²) >= 11 is 0. The van der Waals surface area contributed by atoms with E-state index in [1.54, 1.807) is 23.8 Å². The Bertz CT molecular complexity index is 283. The van der Waals surface area contributed by atoms with E-state index < -0.39 is 6.04 Å². The lowest BCUT2D eigenvalue weighted by atomic mass is 10.2. The molecule has 0 aromatic rings. The lowest BCUT2D eigenvalue weighted by molar-refractivity contribution is -0.149. The van der Waals surface area contributed by atoms with Gasteiger partial charge in [0.05, 0.1) is 6.61 Å². The summed E-state index contributed by atoms with van der Waals surface area (Å²) in [6.07, 6.45) is 0.